The minimum atomic E-state index is -0.229. The van der Waals surface area contributed by atoms with Gasteiger partial charge in [0.2, 0.25) is 0 Å². The monoisotopic (exact) mass is 280 g/mol. The van der Waals surface area contributed by atoms with Crippen LogP contribution in [0.5, 0.6) is 5.75 Å². The van der Waals surface area contributed by atoms with Crippen molar-refractivity contribution in [3.63, 3.8) is 0 Å². The van der Waals surface area contributed by atoms with E-state index in [2.05, 4.69) is 11.8 Å². The van der Waals surface area contributed by atoms with Gasteiger partial charge in [0.25, 0.3) is 0 Å². The van der Waals surface area contributed by atoms with Crippen LogP contribution in [0.1, 0.15) is 26.2 Å². The molecule has 1 fully saturated rings. The van der Waals surface area contributed by atoms with Crippen LogP contribution < -0.4 is 10.5 Å². The molecule has 0 aliphatic carbocycles. The van der Waals surface area contributed by atoms with Gasteiger partial charge in [0.15, 0.2) is 0 Å². The van der Waals surface area contributed by atoms with Crippen LogP contribution in [0.25, 0.3) is 0 Å². The summed E-state index contributed by atoms with van der Waals surface area (Å²) in [6.07, 6.45) is 3.47. The molecule has 2 rings (SSSR count). The lowest BCUT2D eigenvalue weighted by Crippen LogP contribution is -2.44. The van der Waals surface area contributed by atoms with Crippen LogP contribution in [-0.4, -0.2) is 37.2 Å². The van der Waals surface area contributed by atoms with E-state index in [1.165, 1.54) is 25.0 Å². The second-order valence-corrected chi connectivity index (χ2v) is 5.68. The highest BCUT2D eigenvalue weighted by Gasteiger charge is 2.23. The third-order valence-corrected chi connectivity index (χ3v) is 4.11. The molecule has 1 heterocycles. The second-order valence-electron chi connectivity index (χ2n) is 5.68. The molecule has 2 unspecified atom stereocenters. The highest BCUT2D eigenvalue weighted by atomic mass is 19.1. The van der Waals surface area contributed by atoms with E-state index in [0.29, 0.717) is 18.6 Å². The topological polar surface area (TPSA) is 38.5 Å². The van der Waals surface area contributed by atoms with Gasteiger partial charge in [-0.1, -0.05) is 0 Å². The quantitative estimate of drug-likeness (QED) is 0.814. The summed E-state index contributed by atoms with van der Waals surface area (Å²) in [5.74, 6) is 1.15. The third-order valence-electron chi connectivity index (χ3n) is 4.11. The summed E-state index contributed by atoms with van der Waals surface area (Å²) in [4.78, 5) is 2.51. The molecule has 3 nitrogen and oxygen atoms in total. The van der Waals surface area contributed by atoms with E-state index in [1.54, 1.807) is 12.1 Å². The molecule has 0 spiro atoms. The van der Waals surface area contributed by atoms with Gasteiger partial charge < -0.3 is 15.4 Å². The van der Waals surface area contributed by atoms with E-state index in [1.807, 2.05) is 0 Å². The molecule has 0 aromatic heterocycles. The predicted octanol–water partition coefficient (Wildman–Crippen LogP) is 2.65. The lowest BCUT2D eigenvalue weighted by Gasteiger charge is -2.37. The van der Waals surface area contributed by atoms with Gasteiger partial charge in [0, 0.05) is 19.1 Å². The van der Waals surface area contributed by atoms with Crippen molar-refractivity contribution in [3.8, 4) is 5.75 Å². The van der Waals surface area contributed by atoms with Crippen molar-refractivity contribution in [2.45, 2.75) is 32.2 Å². The van der Waals surface area contributed by atoms with Crippen molar-refractivity contribution < 1.29 is 9.13 Å². The van der Waals surface area contributed by atoms with Crippen molar-refractivity contribution in [2.24, 2.45) is 11.7 Å². The standard InChI is InChI=1S/C16H25FN2O/c1-13-3-4-14(11-18)12-19(13)9-2-10-20-16-7-5-15(17)6-8-16/h5-8,13-14H,2-4,9-12,18H2,1H3. The molecule has 1 saturated heterocycles. The Kier molecular flexibility index (Phi) is 5.80. The minimum Gasteiger partial charge on any atom is -0.494 e. The van der Waals surface area contributed by atoms with E-state index < -0.39 is 0 Å². The highest BCUT2D eigenvalue weighted by Crippen LogP contribution is 2.21. The Labute approximate surface area is 120 Å². The normalized spacial score (nSPS) is 23.8. The zero-order valence-electron chi connectivity index (χ0n) is 12.2. The minimum absolute atomic E-state index is 0.229. The molecular weight excluding hydrogens is 255 g/mol. The van der Waals surface area contributed by atoms with Crippen LogP contribution in [0.2, 0.25) is 0 Å². The fourth-order valence-corrected chi connectivity index (χ4v) is 2.75. The number of halogens is 1. The Bertz CT molecular complexity index is 396. The predicted molar refractivity (Wildman–Crippen MR) is 79.3 cm³/mol. The Morgan fingerprint density at radius 1 is 1.30 bits per heavy atom. The number of nitrogens with two attached hydrogens (primary N) is 1. The second kappa shape index (κ2) is 7.60. The maximum atomic E-state index is 12.8. The molecule has 0 saturated carbocycles. The Morgan fingerprint density at radius 2 is 2.05 bits per heavy atom. The van der Waals surface area contributed by atoms with Crippen LogP contribution in [0, 0.1) is 11.7 Å². The zero-order valence-corrected chi connectivity index (χ0v) is 12.2. The number of nitrogens with zero attached hydrogens (tertiary/aromatic N) is 1. The maximum absolute atomic E-state index is 12.8. The molecule has 2 atom stereocenters. The largest absolute Gasteiger partial charge is 0.494 e. The number of benzene rings is 1. The van der Waals surface area contributed by atoms with Crippen LogP contribution in [0.4, 0.5) is 4.39 Å². The van der Waals surface area contributed by atoms with Crippen LogP contribution in [-0.2, 0) is 0 Å². The highest BCUT2D eigenvalue weighted by molar-refractivity contribution is 5.21. The number of hydrogen-bond donors (Lipinski definition) is 1. The molecule has 2 N–H and O–H groups in total. The SMILES string of the molecule is CC1CCC(CN)CN1CCCOc1ccc(F)cc1. The smallest absolute Gasteiger partial charge is 0.123 e. The molecule has 0 radical (unpaired) electrons. The fraction of sp³-hybridized carbons (Fsp3) is 0.625. The van der Waals surface area contributed by atoms with Crippen molar-refractivity contribution in [1.29, 1.82) is 0 Å². The van der Waals surface area contributed by atoms with Gasteiger partial charge in [-0.25, -0.2) is 4.39 Å². The van der Waals surface area contributed by atoms with E-state index in [-0.39, 0.29) is 5.82 Å². The van der Waals surface area contributed by atoms with E-state index in [0.717, 1.165) is 31.8 Å². The lowest BCUT2D eigenvalue weighted by atomic mass is 9.93. The first-order valence-electron chi connectivity index (χ1n) is 7.51. The molecule has 1 aromatic rings. The van der Waals surface area contributed by atoms with Gasteiger partial charge in [-0.2, -0.15) is 0 Å². The number of hydrogen-bond acceptors (Lipinski definition) is 3. The average molecular weight is 280 g/mol. The number of piperidine rings is 1. The summed E-state index contributed by atoms with van der Waals surface area (Å²) in [7, 11) is 0. The van der Waals surface area contributed by atoms with Crippen molar-refractivity contribution in [1.82, 2.24) is 4.90 Å². The van der Waals surface area contributed by atoms with Gasteiger partial charge >= 0.3 is 0 Å². The van der Waals surface area contributed by atoms with Crippen molar-refractivity contribution in [2.75, 3.05) is 26.2 Å². The van der Waals surface area contributed by atoms with Crippen molar-refractivity contribution in [3.05, 3.63) is 30.1 Å². The summed E-state index contributed by atoms with van der Waals surface area (Å²) in [5.41, 5.74) is 5.77. The molecule has 4 heteroatoms. The lowest BCUT2D eigenvalue weighted by molar-refractivity contribution is 0.113. The molecule has 20 heavy (non-hydrogen) atoms. The fourth-order valence-electron chi connectivity index (χ4n) is 2.75. The Morgan fingerprint density at radius 3 is 2.75 bits per heavy atom. The van der Waals surface area contributed by atoms with Gasteiger partial charge in [0.05, 0.1) is 6.61 Å². The first-order valence-corrected chi connectivity index (χ1v) is 7.51. The third kappa shape index (κ3) is 4.46. The Hall–Kier alpha value is -1.13. The molecule has 1 aromatic carbocycles. The Balaban J connectivity index is 1.68. The number of likely N-dealkylation sites (tertiary alicyclic amines) is 1. The van der Waals surface area contributed by atoms with E-state index in [4.69, 9.17) is 10.5 Å². The van der Waals surface area contributed by atoms with Gasteiger partial charge in [-0.3, -0.25) is 0 Å². The van der Waals surface area contributed by atoms with Crippen LogP contribution >= 0.6 is 0 Å². The molecule has 0 bridgehead atoms. The molecule has 1 aliphatic heterocycles. The maximum Gasteiger partial charge on any atom is 0.123 e. The number of rotatable bonds is 6. The van der Waals surface area contributed by atoms with Crippen LogP contribution in [0.3, 0.4) is 0 Å². The molecular formula is C16H25FN2O. The summed E-state index contributed by atoms with van der Waals surface area (Å²) < 4.78 is 18.4. The number of ether oxygens (including phenoxy) is 1. The average Bonchev–Trinajstić information content (AvgIpc) is 2.47. The summed E-state index contributed by atoms with van der Waals surface area (Å²) >= 11 is 0. The van der Waals surface area contributed by atoms with E-state index >= 15 is 0 Å². The van der Waals surface area contributed by atoms with Crippen LogP contribution in [0.15, 0.2) is 24.3 Å². The summed E-state index contributed by atoms with van der Waals surface area (Å²) in [5, 5.41) is 0. The van der Waals surface area contributed by atoms with Gasteiger partial charge in [-0.15, -0.1) is 0 Å². The molecule has 1 aliphatic rings. The first kappa shape index (κ1) is 15.3. The van der Waals surface area contributed by atoms with Crippen molar-refractivity contribution >= 4 is 0 Å². The van der Waals surface area contributed by atoms with E-state index in [9.17, 15) is 4.39 Å². The summed E-state index contributed by atoms with van der Waals surface area (Å²) in [6.45, 7) is 5.89. The summed E-state index contributed by atoms with van der Waals surface area (Å²) in [6, 6.07) is 6.83. The van der Waals surface area contributed by atoms with Gasteiger partial charge in [0.1, 0.15) is 11.6 Å². The molecule has 0 amide bonds. The zero-order chi connectivity index (χ0) is 14.4. The first-order chi connectivity index (χ1) is 9.69. The van der Waals surface area contributed by atoms with Gasteiger partial charge in [-0.05, 0) is 62.9 Å². The molecule has 112 valence electrons.